The van der Waals surface area contributed by atoms with Crippen LogP contribution >= 0.6 is 27.3 Å². The highest BCUT2D eigenvalue weighted by Gasteiger charge is 2.34. The van der Waals surface area contributed by atoms with E-state index < -0.39 is 29.5 Å². The summed E-state index contributed by atoms with van der Waals surface area (Å²) in [6, 6.07) is 14.5. The van der Waals surface area contributed by atoms with Crippen LogP contribution in [0.5, 0.6) is 23.0 Å². The second-order valence-electron chi connectivity index (χ2n) is 11.5. The van der Waals surface area contributed by atoms with Crippen molar-refractivity contribution in [2.75, 3.05) is 40.6 Å². The van der Waals surface area contributed by atoms with Gasteiger partial charge in [0, 0.05) is 10.0 Å². The number of nitrogens with zero attached hydrogens (tertiary/aromatic N) is 2. The van der Waals surface area contributed by atoms with Gasteiger partial charge in [0.1, 0.15) is 6.61 Å². The van der Waals surface area contributed by atoms with Crippen molar-refractivity contribution in [2.24, 2.45) is 4.99 Å². The number of thiazole rings is 1. The first-order valence-electron chi connectivity index (χ1n) is 17.0. The SMILES string of the molecule is CCOC(=O)C1=C(C)N=c2s/c(=C/c3cc(Br)cc(OC)c3OCc3ccc(C(=O)OCC)cc3)c(=O)n2[C@H]1c1ccc(OCC(=O)OC)c(OCC)c1. The molecule has 0 bridgehead atoms. The van der Waals surface area contributed by atoms with Crippen LogP contribution in [0.2, 0.25) is 0 Å². The Morgan fingerprint density at radius 3 is 2.26 bits per heavy atom. The maximum atomic E-state index is 14.5. The molecule has 54 heavy (non-hydrogen) atoms. The molecule has 4 aromatic rings. The zero-order valence-corrected chi connectivity index (χ0v) is 33.0. The number of halogens is 1. The van der Waals surface area contributed by atoms with Gasteiger partial charge >= 0.3 is 17.9 Å². The van der Waals surface area contributed by atoms with Crippen LogP contribution in [0.3, 0.4) is 0 Å². The molecule has 0 radical (unpaired) electrons. The van der Waals surface area contributed by atoms with Crippen LogP contribution in [0.4, 0.5) is 0 Å². The van der Waals surface area contributed by atoms with Crippen molar-refractivity contribution < 1.29 is 47.5 Å². The number of fused-ring (bicyclic) bond motifs is 1. The summed E-state index contributed by atoms with van der Waals surface area (Å²) in [5, 5.41) is 0. The van der Waals surface area contributed by atoms with Gasteiger partial charge in [-0.3, -0.25) is 9.36 Å². The third-order valence-corrected chi connectivity index (χ3v) is 9.52. The summed E-state index contributed by atoms with van der Waals surface area (Å²) in [5.41, 5.74) is 2.43. The van der Waals surface area contributed by atoms with Crippen molar-refractivity contribution in [1.82, 2.24) is 4.57 Å². The van der Waals surface area contributed by atoms with Gasteiger partial charge in [0.25, 0.3) is 5.56 Å². The number of hydrogen-bond donors (Lipinski definition) is 0. The van der Waals surface area contributed by atoms with Crippen molar-refractivity contribution >= 4 is 51.3 Å². The predicted octanol–water partition coefficient (Wildman–Crippen LogP) is 5.28. The highest BCUT2D eigenvalue weighted by atomic mass is 79.9. The normalized spacial score (nSPS) is 13.8. The van der Waals surface area contributed by atoms with E-state index in [-0.39, 0.29) is 44.4 Å². The van der Waals surface area contributed by atoms with Crippen molar-refractivity contribution in [2.45, 2.75) is 40.3 Å². The molecule has 284 valence electrons. The Morgan fingerprint density at radius 1 is 0.870 bits per heavy atom. The number of rotatable bonds is 15. The molecular formula is C39H39BrN2O11S. The van der Waals surface area contributed by atoms with Gasteiger partial charge < -0.3 is 33.2 Å². The maximum Gasteiger partial charge on any atom is 0.343 e. The first kappa shape index (κ1) is 39.8. The van der Waals surface area contributed by atoms with Gasteiger partial charge in [-0.05, 0) is 81.3 Å². The minimum atomic E-state index is -0.943. The number of allylic oxidation sites excluding steroid dienone is 1. The molecular weight excluding hydrogens is 784 g/mol. The van der Waals surface area contributed by atoms with Gasteiger partial charge in [-0.25, -0.2) is 19.4 Å². The van der Waals surface area contributed by atoms with Crippen LogP contribution in [-0.4, -0.2) is 63.1 Å². The number of benzene rings is 3. The van der Waals surface area contributed by atoms with Crippen molar-refractivity contribution in [3.8, 4) is 23.0 Å². The van der Waals surface area contributed by atoms with E-state index in [1.165, 1.54) is 18.8 Å². The number of carbonyl (C=O) groups excluding carboxylic acids is 3. The fourth-order valence-electron chi connectivity index (χ4n) is 5.64. The van der Waals surface area contributed by atoms with Gasteiger partial charge in [0.05, 0.1) is 61.4 Å². The van der Waals surface area contributed by atoms with Gasteiger partial charge in [-0.2, -0.15) is 0 Å². The molecule has 1 aromatic heterocycles. The van der Waals surface area contributed by atoms with E-state index in [2.05, 4.69) is 20.9 Å². The number of aromatic nitrogens is 1. The fourth-order valence-corrected chi connectivity index (χ4v) is 7.13. The molecule has 0 spiro atoms. The summed E-state index contributed by atoms with van der Waals surface area (Å²) < 4.78 is 41.1. The third-order valence-electron chi connectivity index (χ3n) is 8.08. The summed E-state index contributed by atoms with van der Waals surface area (Å²) >= 11 is 4.69. The first-order valence-corrected chi connectivity index (χ1v) is 18.6. The van der Waals surface area contributed by atoms with Crippen LogP contribution in [0.1, 0.15) is 60.8 Å². The zero-order chi connectivity index (χ0) is 38.9. The number of ether oxygens (including phenoxy) is 7. The van der Waals surface area contributed by atoms with E-state index >= 15 is 0 Å². The molecule has 13 nitrogen and oxygen atoms in total. The minimum absolute atomic E-state index is 0.111. The molecule has 0 amide bonds. The van der Waals surface area contributed by atoms with Gasteiger partial charge in [-0.1, -0.05) is 45.5 Å². The summed E-state index contributed by atoms with van der Waals surface area (Å²) in [5.74, 6) is -0.220. The van der Waals surface area contributed by atoms with Crippen LogP contribution in [0.15, 0.2) is 80.1 Å². The van der Waals surface area contributed by atoms with Crippen molar-refractivity contribution in [3.05, 3.63) is 112 Å². The predicted molar refractivity (Wildman–Crippen MR) is 203 cm³/mol. The van der Waals surface area contributed by atoms with Gasteiger partial charge in [0.15, 0.2) is 34.4 Å². The Morgan fingerprint density at radius 2 is 1.59 bits per heavy atom. The van der Waals surface area contributed by atoms with Crippen molar-refractivity contribution in [1.29, 1.82) is 0 Å². The Labute approximate surface area is 323 Å². The Hall–Kier alpha value is -5.41. The average Bonchev–Trinajstić information content (AvgIpc) is 3.46. The molecule has 0 saturated carbocycles. The van der Waals surface area contributed by atoms with Crippen molar-refractivity contribution in [3.63, 3.8) is 0 Å². The lowest BCUT2D eigenvalue weighted by Crippen LogP contribution is -2.40. The number of carbonyl (C=O) groups is 3. The molecule has 0 fully saturated rings. The second kappa shape index (κ2) is 18.1. The quantitative estimate of drug-likeness (QED) is 0.114. The summed E-state index contributed by atoms with van der Waals surface area (Å²) in [4.78, 5) is 56.9. The Balaban J connectivity index is 1.60. The second-order valence-corrected chi connectivity index (χ2v) is 13.5. The van der Waals surface area contributed by atoms with Crippen LogP contribution < -0.4 is 33.8 Å². The average molecular weight is 824 g/mol. The topological polar surface area (TPSA) is 150 Å². The molecule has 1 aliphatic rings. The van der Waals surface area contributed by atoms with Crippen LogP contribution in [-0.2, 0) is 30.4 Å². The smallest absolute Gasteiger partial charge is 0.343 e. The lowest BCUT2D eigenvalue weighted by molar-refractivity contribution is -0.143. The van der Waals surface area contributed by atoms with E-state index in [1.807, 2.05) is 0 Å². The maximum absolute atomic E-state index is 14.5. The minimum Gasteiger partial charge on any atom is -0.493 e. The van der Waals surface area contributed by atoms with Crippen LogP contribution in [0, 0.1) is 0 Å². The van der Waals surface area contributed by atoms with Crippen LogP contribution in [0.25, 0.3) is 6.08 Å². The van der Waals surface area contributed by atoms with E-state index in [9.17, 15) is 19.2 Å². The monoisotopic (exact) mass is 822 g/mol. The first-order chi connectivity index (χ1) is 26.0. The molecule has 0 aliphatic carbocycles. The van der Waals surface area contributed by atoms with E-state index in [1.54, 1.807) is 88.4 Å². The van der Waals surface area contributed by atoms with E-state index in [4.69, 9.17) is 33.2 Å². The van der Waals surface area contributed by atoms with E-state index in [0.717, 1.165) is 16.9 Å². The number of esters is 3. The Kier molecular flexibility index (Phi) is 13.3. The number of hydrogen-bond acceptors (Lipinski definition) is 13. The molecule has 3 aromatic carbocycles. The fraction of sp³-hybridized carbons (Fsp3) is 0.308. The molecule has 2 heterocycles. The lowest BCUT2D eigenvalue weighted by atomic mass is 9.95. The molecule has 15 heteroatoms. The standard InChI is InChI=1S/C39H39BrN2O11S/c1-7-49-29-17-25(14-15-28(29)52-21-32(43)48-6)34-33(38(46)51-9-3)22(4)41-39-42(34)36(44)31(54-39)18-26-16-27(40)19-30(47-5)35(26)53-20-23-10-12-24(13-11-23)37(45)50-8-2/h10-19,34H,7-9,20-21H2,1-6H3/b31-18+/t34-/m0/s1. The molecule has 0 N–H and O–H groups in total. The molecule has 1 aliphatic heterocycles. The summed E-state index contributed by atoms with van der Waals surface area (Å²) in [7, 11) is 2.78. The zero-order valence-electron chi connectivity index (χ0n) is 30.6. The molecule has 0 saturated heterocycles. The molecule has 5 rings (SSSR count). The Bertz CT molecular complexity index is 2260. The lowest BCUT2D eigenvalue weighted by Gasteiger charge is -2.25. The van der Waals surface area contributed by atoms with E-state index in [0.29, 0.717) is 53.4 Å². The van der Waals surface area contributed by atoms with Gasteiger partial charge in [0.2, 0.25) is 0 Å². The summed E-state index contributed by atoms with van der Waals surface area (Å²) in [6.45, 7) is 7.39. The number of methoxy groups -OCH3 is 2. The summed E-state index contributed by atoms with van der Waals surface area (Å²) in [6.07, 6.45) is 1.69. The van der Waals surface area contributed by atoms with Gasteiger partial charge in [-0.15, -0.1) is 0 Å². The third kappa shape index (κ3) is 8.85. The molecule has 0 unspecified atom stereocenters. The highest BCUT2D eigenvalue weighted by Crippen LogP contribution is 2.38. The largest absolute Gasteiger partial charge is 0.493 e. The highest BCUT2D eigenvalue weighted by molar-refractivity contribution is 9.10. The molecule has 1 atom stereocenters.